The lowest BCUT2D eigenvalue weighted by atomic mass is 9.77. The highest BCUT2D eigenvalue weighted by atomic mass is 16.8. The zero-order valence-electron chi connectivity index (χ0n) is 41.1. The molecular formula is C47H68N2O21. The van der Waals surface area contributed by atoms with Crippen LogP contribution in [0, 0.1) is 17.8 Å². The summed E-state index contributed by atoms with van der Waals surface area (Å²) in [6.07, 6.45) is -19.5. The molecule has 0 spiro atoms. The number of benzene rings is 1. The van der Waals surface area contributed by atoms with Crippen LogP contribution in [0.3, 0.4) is 0 Å². The van der Waals surface area contributed by atoms with Gasteiger partial charge in [0.05, 0.1) is 12.2 Å². The van der Waals surface area contributed by atoms with Crippen molar-refractivity contribution in [1.29, 1.82) is 0 Å². The normalized spacial score (nSPS) is 36.1. The summed E-state index contributed by atoms with van der Waals surface area (Å²) in [5, 5.41) is 14.1. The van der Waals surface area contributed by atoms with Gasteiger partial charge in [-0.3, -0.25) is 28.8 Å². The van der Waals surface area contributed by atoms with E-state index >= 15 is 0 Å². The van der Waals surface area contributed by atoms with Gasteiger partial charge in [0.2, 0.25) is 0 Å². The first kappa shape index (κ1) is 55.9. The van der Waals surface area contributed by atoms with E-state index in [1.807, 2.05) is 13.8 Å². The van der Waals surface area contributed by atoms with E-state index in [-0.39, 0.29) is 19.6 Å². The molecule has 3 heterocycles. The number of alkyl carbamates (subject to hydrolysis) is 1. The zero-order chi connectivity index (χ0) is 51.6. The second-order valence-corrected chi connectivity index (χ2v) is 18.0. The van der Waals surface area contributed by atoms with E-state index in [4.69, 9.17) is 67.3 Å². The second-order valence-electron chi connectivity index (χ2n) is 18.0. The number of nitrogens with two attached hydrogens (primary N) is 1. The van der Waals surface area contributed by atoms with Gasteiger partial charge in [-0.05, 0) is 30.2 Å². The van der Waals surface area contributed by atoms with Crippen LogP contribution in [-0.2, 0) is 97.0 Å². The summed E-state index contributed by atoms with van der Waals surface area (Å²) in [4.78, 5) is 88.6. The third-order valence-corrected chi connectivity index (χ3v) is 12.4. The smallest absolute Gasteiger partial charge is 0.407 e. The monoisotopic (exact) mass is 996 g/mol. The molecule has 392 valence electrons. The Labute approximate surface area is 406 Å². The predicted octanol–water partition coefficient (Wildman–Crippen LogP) is 1.87. The van der Waals surface area contributed by atoms with Crippen molar-refractivity contribution in [2.75, 3.05) is 13.2 Å². The van der Waals surface area contributed by atoms with Gasteiger partial charge in [0.15, 0.2) is 37.2 Å². The molecule has 19 unspecified atom stereocenters. The molecule has 1 aliphatic carbocycles. The number of amides is 1. The highest BCUT2D eigenvalue weighted by molar-refractivity contribution is 5.69. The summed E-state index contributed by atoms with van der Waals surface area (Å²) in [6.45, 7) is 13.2. The summed E-state index contributed by atoms with van der Waals surface area (Å²) in [7, 11) is 0. The van der Waals surface area contributed by atoms with Gasteiger partial charge in [0.1, 0.15) is 62.0 Å². The van der Waals surface area contributed by atoms with Crippen LogP contribution in [0.1, 0.15) is 87.6 Å². The first-order chi connectivity index (χ1) is 33.1. The van der Waals surface area contributed by atoms with Crippen LogP contribution in [-0.4, -0.2) is 158 Å². The lowest BCUT2D eigenvalue weighted by molar-refractivity contribution is -0.319. The van der Waals surface area contributed by atoms with E-state index in [9.17, 15) is 38.7 Å². The molecule has 4 N–H and O–H groups in total. The molecule has 1 amide bonds. The van der Waals surface area contributed by atoms with Crippen LogP contribution in [0.5, 0.6) is 0 Å². The molecule has 3 saturated heterocycles. The Balaban J connectivity index is 1.53. The van der Waals surface area contributed by atoms with Gasteiger partial charge in [-0.25, -0.2) is 4.79 Å². The summed E-state index contributed by atoms with van der Waals surface area (Å²) < 4.78 is 78.6. The largest absolute Gasteiger partial charge is 0.463 e. The third kappa shape index (κ3) is 14.5. The van der Waals surface area contributed by atoms with E-state index in [1.165, 1.54) is 27.7 Å². The first-order valence-corrected chi connectivity index (χ1v) is 23.4. The maximum Gasteiger partial charge on any atom is 0.407 e. The fraction of sp³-hybridized carbons (Fsp3) is 0.723. The zero-order valence-corrected chi connectivity index (χ0v) is 41.1. The van der Waals surface area contributed by atoms with Crippen molar-refractivity contribution in [1.82, 2.24) is 5.32 Å². The Morgan fingerprint density at radius 3 is 1.69 bits per heavy atom. The number of ether oxygens (including phenoxy) is 13. The number of aliphatic hydroxyl groups excluding tert-OH is 1. The molecule has 0 bridgehead atoms. The van der Waals surface area contributed by atoms with Crippen molar-refractivity contribution in [2.24, 2.45) is 23.5 Å². The number of rotatable bonds is 18. The molecular weight excluding hydrogens is 929 g/mol. The van der Waals surface area contributed by atoms with Gasteiger partial charge in [0, 0.05) is 54.0 Å². The fourth-order valence-corrected chi connectivity index (χ4v) is 9.35. The van der Waals surface area contributed by atoms with E-state index < -0.39 is 164 Å². The summed E-state index contributed by atoms with van der Waals surface area (Å²) in [6, 6.07) is 7.46. The van der Waals surface area contributed by atoms with E-state index in [2.05, 4.69) is 5.32 Å². The average Bonchev–Trinajstić information content (AvgIpc) is 3.59. The van der Waals surface area contributed by atoms with Crippen LogP contribution < -0.4 is 11.1 Å². The molecule has 1 saturated carbocycles. The summed E-state index contributed by atoms with van der Waals surface area (Å²) in [5.74, 6) is -6.07. The summed E-state index contributed by atoms with van der Waals surface area (Å²) >= 11 is 0. The van der Waals surface area contributed by atoms with Gasteiger partial charge >= 0.3 is 41.9 Å². The summed E-state index contributed by atoms with van der Waals surface area (Å²) in [5.41, 5.74) is 6.75. The highest BCUT2D eigenvalue weighted by Crippen LogP contribution is 2.42. The minimum absolute atomic E-state index is 0.128. The minimum atomic E-state index is -1.59. The number of esters is 6. The van der Waals surface area contributed by atoms with Crippen molar-refractivity contribution in [3.05, 3.63) is 35.9 Å². The van der Waals surface area contributed by atoms with E-state index in [1.54, 1.807) is 44.2 Å². The number of carbonyl (C=O) groups excluding carboxylic acids is 7. The predicted molar refractivity (Wildman–Crippen MR) is 236 cm³/mol. The van der Waals surface area contributed by atoms with Gasteiger partial charge < -0.3 is 77.7 Å². The molecule has 3 aliphatic heterocycles. The number of carbonyl (C=O) groups is 7. The minimum Gasteiger partial charge on any atom is -0.463 e. The molecule has 5 rings (SSSR count). The Morgan fingerprint density at radius 1 is 0.586 bits per heavy atom. The van der Waals surface area contributed by atoms with Crippen molar-refractivity contribution in [3.63, 3.8) is 0 Å². The van der Waals surface area contributed by atoms with Gasteiger partial charge in [0.25, 0.3) is 0 Å². The maximum atomic E-state index is 13.5. The second kappa shape index (κ2) is 25.4. The molecule has 4 aliphatic rings. The van der Waals surface area contributed by atoms with Crippen molar-refractivity contribution >= 4 is 41.9 Å². The Kier molecular flexibility index (Phi) is 20.3. The van der Waals surface area contributed by atoms with E-state index in [0.29, 0.717) is 12.0 Å². The molecule has 19 atom stereocenters. The molecule has 1 aromatic rings. The van der Waals surface area contributed by atoms with Gasteiger partial charge in [-0.15, -0.1) is 0 Å². The number of aliphatic hydroxyl groups is 1. The number of hydrogen-bond acceptors (Lipinski definition) is 22. The standard InChI is InChI=1S/C47H68N2O21/c1-11-31-35(56)41(63-28(9)54)34(49-47(57)59-19-30-15-13-12-14-16-30)45(65-31)68-37-22(3)17-21(2)36(60-25(6)51)42(37)70-46-43(64-29(10)55)40(33(67-46)20-58-24(5)50)69-44-23(4)38(61-26(7)52)39(62-27(8)53)32(18-48)66-44/h12-16,21-23,31-46,56H,11,17-20,48H2,1-10H3,(H,49,57). The lowest BCUT2D eigenvalue weighted by Crippen LogP contribution is -2.67. The van der Waals surface area contributed by atoms with Crippen LogP contribution in [0.25, 0.3) is 0 Å². The van der Waals surface area contributed by atoms with Crippen LogP contribution in [0.4, 0.5) is 4.79 Å². The SMILES string of the molecule is CCC1OC(OC2C(C)CC(C)C(OC(C)=O)C2OC2OC(COC(C)=O)C(OC3OC(CN)C(OC(C)=O)C(OC(C)=O)C3C)C2OC(C)=O)C(NC(=O)OCc2ccccc2)C(OC(C)=O)C1O. The highest BCUT2D eigenvalue weighted by Gasteiger charge is 2.58. The lowest BCUT2D eigenvalue weighted by Gasteiger charge is -2.49. The molecule has 23 heteroatoms. The quantitative estimate of drug-likeness (QED) is 0.140. The van der Waals surface area contributed by atoms with Crippen LogP contribution in [0.15, 0.2) is 30.3 Å². The van der Waals surface area contributed by atoms with E-state index in [0.717, 1.165) is 13.8 Å². The molecule has 0 radical (unpaired) electrons. The first-order valence-electron chi connectivity index (χ1n) is 23.4. The van der Waals surface area contributed by atoms with Crippen molar-refractivity contribution in [3.8, 4) is 0 Å². The molecule has 0 aromatic heterocycles. The Hall–Kier alpha value is -5.01. The average molecular weight is 997 g/mol. The molecule has 1 aromatic carbocycles. The Bertz CT molecular complexity index is 1960. The maximum absolute atomic E-state index is 13.5. The van der Waals surface area contributed by atoms with Gasteiger partial charge in [-0.1, -0.05) is 58.0 Å². The number of hydrogen-bond donors (Lipinski definition) is 3. The molecule has 70 heavy (non-hydrogen) atoms. The molecule has 23 nitrogen and oxygen atoms in total. The van der Waals surface area contributed by atoms with Crippen molar-refractivity contribution < 1.29 is 100 Å². The third-order valence-electron chi connectivity index (χ3n) is 12.4. The van der Waals surface area contributed by atoms with Crippen LogP contribution in [0.2, 0.25) is 0 Å². The Morgan fingerprint density at radius 2 is 1.10 bits per heavy atom. The van der Waals surface area contributed by atoms with Crippen molar-refractivity contribution in [2.45, 2.75) is 187 Å². The fourth-order valence-electron chi connectivity index (χ4n) is 9.35. The van der Waals surface area contributed by atoms with Crippen LogP contribution >= 0.6 is 0 Å². The molecule has 4 fully saturated rings. The van der Waals surface area contributed by atoms with Gasteiger partial charge in [-0.2, -0.15) is 0 Å². The number of nitrogens with one attached hydrogen (secondary N) is 1. The topological polar surface area (TPSA) is 298 Å².